The van der Waals surface area contributed by atoms with Crippen molar-refractivity contribution in [1.29, 1.82) is 0 Å². The van der Waals surface area contributed by atoms with Gasteiger partial charge in [-0.1, -0.05) is 27.5 Å². The van der Waals surface area contributed by atoms with Crippen LogP contribution in [0.15, 0.2) is 34.8 Å². The van der Waals surface area contributed by atoms with Gasteiger partial charge in [0.15, 0.2) is 11.5 Å². The highest BCUT2D eigenvalue weighted by atomic mass is 79.9. The first-order valence-corrected chi connectivity index (χ1v) is 8.21. The number of hydrogen-bond donors (Lipinski definition) is 1. The molecule has 0 atom stereocenters. The molecule has 5 heteroatoms. The Kier molecular flexibility index (Phi) is 5.98. The highest BCUT2D eigenvalue weighted by Gasteiger charge is 2.11. The van der Waals surface area contributed by atoms with Crippen molar-refractivity contribution < 1.29 is 9.47 Å². The minimum Gasteiger partial charge on any atom is -0.491 e. The van der Waals surface area contributed by atoms with Gasteiger partial charge in [0.25, 0.3) is 0 Å². The molecule has 0 unspecified atom stereocenters. The number of methoxy groups -OCH3 is 1. The molecule has 2 aromatic rings. The van der Waals surface area contributed by atoms with Crippen molar-refractivity contribution in [2.45, 2.75) is 20.4 Å². The van der Waals surface area contributed by atoms with Crippen LogP contribution in [0.2, 0.25) is 5.02 Å². The Hall–Kier alpha value is -1.39. The molecule has 22 heavy (non-hydrogen) atoms. The zero-order valence-electron chi connectivity index (χ0n) is 12.9. The van der Waals surface area contributed by atoms with Gasteiger partial charge in [-0.15, -0.1) is 0 Å². The summed E-state index contributed by atoms with van der Waals surface area (Å²) >= 11 is 9.73. The van der Waals surface area contributed by atoms with Crippen LogP contribution in [0.3, 0.4) is 0 Å². The number of ether oxygens (including phenoxy) is 2. The maximum absolute atomic E-state index is 6.27. The molecular weight excluding hydrogens is 366 g/mol. The average molecular weight is 385 g/mol. The summed E-state index contributed by atoms with van der Waals surface area (Å²) in [4.78, 5) is 0. The molecule has 0 aliphatic carbocycles. The minimum absolute atomic E-state index is 0.553. The first-order chi connectivity index (χ1) is 10.5. The molecule has 0 heterocycles. The number of aryl methyl sites for hydroxylation is 1. The van der Waals surface area contributed by atoms with Gasteiger partial charge in [0.2, 0.25) is 0 Å². The van der Waals surface area contributed by atoms with Crippen molar-refractivity contribution in [2.75, 3.05) is 19.0 Å². The van der Waals surface area contributed by atoms with Gasteiger partial charge in [-0.2, -0.15) is 0 Å². The Labute approximate surface area is 144 Å². The lowest BCUT2D eigenvalue weighted by Gasteiger charge is -2.14. The Morgan fingerprint density at radius 2 is 2.00 bits per heavy atom. The van der Waals surface area contributed by atoms with Gasteiger partial charge in [0.1, 0.15) is 0 Å². The van der Waals surface area contributed by atoms with Crippen LogP contribution in [0.5, 0.6) is 11.5 Å². The number of halogens is 2. The van der Waals surface area contributed by atoms with E-state index in [2.05, 4.69) is 34.2 Å². The van der Waals surface area contributed by atoms with Gasteiger partial charge >= 0.3 is 0 Å². The Morgan fingerprint density at radius 3 is 2.64 bits per heavy atom. The highest BCUT2D eigenvalue weighted by Crippen LogP contribution is 2.36. The van der Waals surface area contributed by atoms with E-state index in [4.69, 9.17) is 21.1 Å². The predicted molar refractivity (Wildman–Crippen MR) is 95.4 cm³/mol. The fourth-order valence-corrected chi connectivity index (χ4v) is 2.99. The lowest BCUT2D eigenvalue weighted by atomic mass is 10.1. The normalized spacial score (nSPS) is 10.4. The highest BCUT2D eigenvalue weighted by molar-refractivity contribution is 9.10. The van der Waals surface area contributed by atoms with Crippen molar-refractivity contribution in [3.8, 4) is 11.5 Å². The van der Waals surface area contributed by atoms with Crippen molar-refractivity contribution in [3.63, 3.8) is 0 Å². The van der Waals surface area contributed by atoms with E-state index in [9.17, 15) is 0 Å². The summed E-state index contributed by atoms with van der Waals surface area (Å²) in [5.41, 5.74) is 3.31. The van der Waals surface area contributed by atoms with Crippen LogP contribution < -0.4 is 14.8 Å². The summed E-state index contributed by atoms with van der Waals surface area (Å²) < 4.78 is 12.0. The molecule has 3 nitrogen and oxygen atoms in total. The zero-order valence-corrected chi connectivity index (χ0v) is 15.2. The van der Waals surface area contributed by atoms with Crippen LogP contribution in [-0.2, 0) is 6.54 Å². The van der Waals surface area contributed by atoms with E-state index in [1.165, 1.54) is 5.56 Å². The lowest BCUT2D eigenvalue weighted by molar-refractivity contribution is 0.310. The smallest absolute Gasteiger partial charge is 0.179 e. The first-order valence-electron chi connectivity index (χ1n) is 7.04. The number of benzene rings is 2. The number of anilines is 1. The summed E-state index contributed by atoms with van der Waals surface area (Å²) in [6, 6.07) is 9.99. The van der Waals surface area contributed by atoms with E-state index in [0.29, 0.717) is 29.7 Å². The Morgan fingerprint density at radius 1 is 1.23 bits per heavy atom. The maximum atomic E-state index is 6.27. The maximum Gasteiger partial charge on any atom is 0.179 e. The SMILES string of the molecule is CCOc1cc(CNc2ccc(Br)cc2C)cc(Cl)c1OC. The van der Waals surface area contributed by atoms with Crippen molar-refractivity contribution >= 4 is 33.2 Å². The largest absolute Gasteiger partial charge is 0.491 e. The van der Waals surface area contributed by atoms with E-state index >= 15 is 0 Å². The molecule has 2 aromatic carbocycles. The van der Waals surface area contributed by atoms with Crippen LogP contribution in [0.25, 0.3) is 0 Å². The fraction of sp³-hybridized carbons (Fsp3) is 0.294. The first kappa shape index (κ1) is 17.0. The monoisotopic (exact) mass is 383 g/mol. The second kappa shape index (κ2) is 7.75. The van der Waals surface area contributed by atoms with Gasteiger partial charge in [0, 0.05) is 16.7 Å². The molecular formula is C17H19BrClNO2. The van der Waals surface area contributed by atoms with E-state index in [-0.39, 0.29) is 0 Å². The lowest BCUT2D eigenvalue weighted by Crippen LogP contribution is -2.03. The summed E-state index contributed by atoms with van der Waals surface area (Å²) in [5.74, 6) is 1.24. The third-order valence-electron chi connectivity index (χ3n) is 3.24. The zero-order chi connectivity index (χ0) is 16.1. The van der Waals surface area contributed by atoms with Gasteiger partial charge < -0.3 is 14.8 Å². The van der Waals surface area contributed by atoms with E-state index in [1.54, 1.807) is 7.11 Å². The van der Waals surface area contributed by atoms with Crippen LogP contribution >= 0.6 is 27.5 Å². The molecule has 1 N–H and O–H groups in total. The van der Waals surface area contributed by atoms with E-state index in [1.807, 2.05) is 31.2 Å². The molecule has 0 amide bonds. The van der Waals surface area contributed by atoms with Crippen LogP contribution in [0.4, 0.5) is 5.69 Å². The molecule has 0 saturated heterocycles. The molecule has 0 bridgehead atoms. The standard InChI is InChI=1S/C17H19BrClNO2/c1-4-22-16-9-12(8-14(19)17(16)21-3)10-20-15-6-5-13(18)7-11(15)2/h5-9,20H,4,10H2,1-3H3. The quantitative estimate of drug-likeness (QED) is 0.720. The van der Waals surface area contributed by atoms with Gasteiger partial charge in [-0.05, 0) is 55.3 Å². The second-order valence-corrected chi connectivity index (χ2v) is 6.18. The minimum atomic E-state index is 0.553. The molecule has 0 aromatic heterocycles. The third kappa shape index (κ3) is 4.08. The molecule has 0 saturated carbocycles. The van der Waals surface area contributed by atoms with E-state index in [0.717, 1.165) is 15.7 Å². The Bertz CT molecular complexity index is 661. The van der Waals surface area contributed by atoms with Gasteiger partial charge in [-0.3, -0.25) is 0 Å². The second-order valence-electron chi connectivity index (χ2n) is 4.85. The molecule has 0 aliphatic rings. The third-order valence-corrected chi connectivity index (χ3v) is 4.02. The number of hydrogen-bond acceptors (Lipinski definition) is 3. The molecule has 0 radical (unpaired) electrons. The fourth-order valence-electron chi connectivity index (χ4n) is 2.21. The molecule has 118 valence electrons. The van der Waals surface area contributed by atoms with Crippen LogP contribution in [0.1, 0.15) is 18.1 Å². The Balaban J connectivity index is 2.19. The van der Waals surface area contributed by atoms with Gasteiger partial charge in [-0.25, -0.2) is 0 Å². The molecule has 0 spiro atoms. The van der Waals surface area contributed by atoms with Crippen LogP contribution in [0, 0.1) is 6.92 Å². The van der Waals surface area contributed by atoms with Crippen molar-refractivity contribution in [2.24, 2.45) is 0 Å². The van der Waals surface area contributed by atoms with Gasteiger partial charge in [0.05, 0.1) is 18.7 Å². The summed E-state index contributed by atoms with van der Waals surface area (Å²) in [7, 11) is 1.59. The molecule has 2 rings (SSSR count). The number of rotatable bonds is 6. The predicted octanol–water partition coefficient (Wildman–Crippen LogP) is 5.43. The summed E-state index contributed by atoms with van der Waals surface area (Å²) in [6.07, 6.45) is 0. The van der Waals surface area contributed by atoms with E-state index < -0.39 is 0 Å². The van der Waals surface area contributed by atoms with Crippen LogP contribution in [-0.4, -0.2) is 13.7 Å². The van der Waals surface area contributed by atoms with Crippen molar-refractivity contribution in [1.82, 2.24) is 0 Å². The van der Waals surface area contributed by atoms with Crippen molar-refractivity contribution in [3.05, 3.63) is 51.0 Å². The summed E-state index contributed by atoms with van der Waals surface area (Å²) in [5, 5.41) is 3.97. The molecule has 0 aliphatic heterocycles. The average Bonchev–Trinajstić information content (AvgIpc) is 2.46. The molecule has 0 fully saturated rings. The summed E-state index contributed by atoms with van der Waals surface area (Å²) in [6.45, 7) is 5.23. The number of nitrogens with one attached hydrogen (secondary N) is 1. The topological polar surface area (TPSA) is 30.5 Å².